The molecule has 0 bridgehead atoms. The lowest BCUT2D eigenvalue weighted by molar-refractivity contribution is 0.122. The highest BCUT2D eigenvalue weighted by Gasteiger charge is 2.37. The van der Waals surface area contributed by atoms with E-state index in [0.717, 1.165) is 24.9 Å². The minimum absolute atomic E-state index is 0.921. The summed E-state index contributed by atoms with van der Waals surface area (Å²) in [6, 6.07) is 1.84. The van der Waals surface area contributed by atoms with Gasteiger partial charge in [-0.3, -0.25) is 0 Å². The van der Waals surface area contributed by atoms with Crippen LogP contribution in [0.1, 0.15) is 89.9 Å². The minimum atomic E-state index is -2.35. The third kappa shape index (κ3) is 13.6. The van der Waals surface area contributed by atoms with Gasteiger partial charge in [0.05, 0.1) is 0 Å². The van der Waals surface area contributed by atoms with Gasteiger partial charge in [-0.2, -0.15) is 0 Å². The number of hydrogen-bond acceptors (Lipinski definition) is 6. The minimum Gasteiger partial charge on any atom is -0.377 e. The van der Waals surface area contributed by atoms with Crippen LogP contribution in [0.5, 0.6) is 0 Å². The molecule has 0 aromatic heterocycles. The van der Waals surface area contributed by atoms with Crippen LogP contribution in [0.2, 0.25) is 12.1 Å². The van der Waals surface area contributed by atoms with E-state index in [4.69, 9.17) is 26.6 Å². The van der Waals surface area contributed by atoms with E-state index in [9.17, 15) is 0 Å². The predicted molar refractivity (Wildman–Crippen MR) is 128 cm³/mol. The molecule has 0 N–H and O–H groups in total. The Kier molecular flexibility index (Phi) is 20.0. The lowest BCUT2D eigenvalue weighted by Crippen LogP contribution is -2.42. The van der Waals surface area contributed by atoms with Crippen LogP contribution in [0.15, 0.2) is 0 Å². The van der Waals surface area contributed by atoms with Crippen LogP contribution in [-0.2, 0) is 26.6 Å². The lowest BCUT2D eigenvalue weighted by Gasteiger charge is -2.24. The Hall–Kier alpha value is 0.194. The van der Waals surface area contributed by atoms with Crippen LogP contribution in [-0.4, -0.2) is 60.3 Å². The molecule has 0 radical (unpaired) electrons. The fraction of sp³-hybridized carbons (Fsp3) is 1.00. The largest absolute Gasteiger partial charge is 0.500 e. The quantitative estimate of drug-likeness (QED) is 0.132. The van der Waals surface area contributed by atoms with Gasteiger partial charge in [-0.15, -0.1) is 0 Å². The van der Waals surface area contributed by atoms with E-state index in [1.165, 1.54) is 77.0 Å². The molecule has 0 aromatic rings. The van der Waals surface area contributed by atoms with E-state index in [0.29, 0.717) is 0 Å². The van der Waals surface area contributed by atoms with Gasteiger partial charge in [0.2, 0.25) is 0 Å². The summed E-state index contributed by atoms with van der Waals surface area (Å²) in [5.74, 6) is 0. The molecule has 0 unspecified atom stereocenters. The van der Waals surface area contributed by atoms with Gasteiger partial charge in [0.25, 0.3) is 0 Å². The van der Waals surface area contributed by atoms with Crippen LogP contribution in [0, 0.1) is 0 Å². The molecule has 0 aliphatic carbocycles. The van der Waals surface area contributed by atoms with Gasteiger partial charge in [0.1, 0.15) is 0 Å². The molecule has 30 heavy (non-hydrogen) atoms. The van der Waals surface area contributed by atoms with Crippen molar-refractivity contribution >= 4 is 17.6 Å². The molecule has 182 valence electrons. The molecular formula is C22H50O6Si2. The Bertz CT molecular complexity index is 315. The van der Waals surface area contributed by atoms with Gasteiger partial charge in [-0.05, 0) is 12.8 Å². The molecular weight excluding hydrogens is 416 g/mol. The van der Waals surface area contributed by atoms with Gasteiger partial charge in [-0.25, -0.2) is 0 Å². The maximum Gasteiger partial charge on any atom is 0.500 e. The summed E-state index contributed by atoms with van der Waals surface area (Å²) in [5, 5.41) is 0. The zero-order valence-electron chi connectivity index (χ0n) is 20.8. The smallest absolute Gasteiger partial charge is 0.377 e. The van der Waals surface area contributed by atoms with E-state index >= 15 is 0 Å². The van der Waals surface area contributed by atoms with Crippen LogP contribution in [0.25, 0.3) is 0 Å². The second-order valence-corrected chi connectivity index (χ2v) is 14.2. The van der Waals surface area contributed by atoms with E-state index in [-0.39, 0.29) is 0 Å². The maximum atomic E-state index is 5.46. The first-order chi connectivity index (χ1) is 14.6. The zero-order chi connectivity index (χ0) is 22.6. The highest BCUT2D eigenvalue weighted by atomic mass is 28.4. The van der Waals surface area contributed by atoms with Gasteiger partial charge < -0.3 is 26.6 Å². The zero-order valence-corrected chi connectivity index (χ0v) is 22.8. The third-order valence-corrected chi connectivity index (χ3v) is 11.7. The number of rotatable bonds is 23. The van der Waals surface area contributed by atoms with Crippen LogP contribution < -0.4 is 0 Å². The summed E-state index contributed by atoms with van der Waals surface area (Å²) in [4.78, 5) is 0. The highest BCUT2D eigenvalue weighted by Crippen LogP contribution is 2.20. The fourth-order valence-electron chi connectivity index (χ4n) is 3.92. The molecule has 0 heterocycles. The summed E-state index contributed by atoms with van der Waals surface area (Å²) in [7, 11) is 5.45. The van der Waals surface area contributed by atoms with Crippen molar-refractivity contribution < 1.29 is 26.6 Å². The monoisotopic (exact) mass is 466 g/mol. The first kappa shape index (κ1) is 30.2. The van der Waals surface area contributed by atoms with Crippen molar-refractivity contribution in [2.45, 2.75) is 102 Å². The number of hydrogen-bond donors (Lipinski definition) is 0. The van der Waals surface area contributed by atoms with E-state index in [2.05, 4.69) is 0 Å². The predicted octanol–water partition coefficient (Wildman–Crippen LogP) is 6.20. The Labute approximate surface area is 189 Å². The average Bonchev–Trinajstić information content (AvgIpc) is 2.79. The first-order valence-corrected chi connectivity index (χ1v) is 15.7. The molecule has 8 heteroatoms. The summed E-state index contributed by atoms with van der Waals surface area (Å²) < 4.78 is 32.8. The fourth-order valence-corrected chi connectivity index (χ4v) is 7.51. The second kappa shape index (κ2) is 19.8. The topological polar surface area (TPSA) is 55.4 Å². The van der Waals surface area contributed by atoms with Crippen LogP contribution in [0.4, 0.5) is 0 Å². The molecule has 0 amide bonds. The summed E-state index contributed by atoms with van der Waals surface area (Å²) in [6.07, 6.45) is 18.3. The molecule has 0 aliphatic rings. The SMILES string of the molecule is CO[Si](CCCCCCCCCCCCCCCC[Si](OC)(OC)OC)(OC)OC. The molecule has 6 nitrogen and oxygen atoms in total. The van der Waals surface area contributed by atoms with Gasteiger partial charge >= 0.3 is 17.6 Å². The van der Waals surface area contributed by atoms with Gasteiger partial charge in [0.15, 0.2) is 0 Å². The van der Waals surface area contributed by atoms with E-state index < -0.39 is 17.6 Å². The van der Waals surface area contributed by atoms with Gasteiger partial charge in [0, 0.05) is 54.7 Å². The van der Waals surface area contributed by atoms with Crippen molar-refractivity contribution in [1.29, 1.82) is 0 Å². The van der Waals surface area contributed by atoms with Crippen molar-refractivity contribution in [2.75, 3.05) is 42.7 Å². The maximum absolute atomic E-state index is 5.46. The normalized spacial score (nSPS) is 12.6. The first-order valence-electron chi connectivity index (χ1n) is 11.9. The van der Waals surface area contributed by atoms with Crippen molar-refractivity contribution in [1.82, 2.24) is 0 Å². The van der Waals surface area contributed by atoms with Crippen LogP contribution >= 0.6 is 0 Å². The second-order valence-electron chi connectivity index (χ2n) is 8.04. The molecule has 0 rings (SSSR count). The molecule has 0 fully saturated rings. The Morgan fingerprint density at radius 2 is 0.467 bits per heavy atom. The van der Waals surface area contributed by atoms with Crippen molar-refractivity contribution in [3.63, 3.8) is 0 Å². The number of unbranched alkanes of at least 4 members (excludes halogenated alkanes) is 13. The average molecular weight is 467 g/mol. The molecule has 0 aromatic carbocycles. The van der Waals surface area contributed by atoms with Crippen molar-refractivity contribution in [3.05, 3.63) is 0 Å². The third-order valence-electron chi connectivity index (χ3n) is 6.08. The lowest BCUT2D eigenvalue weighted by atomic mass is 10.0. The van der Waals surface area contributed by atoms with Crippen molar-refractivity contribution in [3.8, 4) is 0 Å². The van der Waals surface area contributed by atoms with E-state index in [1.807, 2.05) is 0 Å². The molecule has 0 atom stereocenters. The summed E-state index contributed by atoms with van der Waals surface area (Å²) in [5.41, 5.74) is 0. The molecule has 0 spiro atoms. The summed E-state index contributed by atoms with van der Waals surface area (Å²) in [6.45, 7) is 0. The summed E-state index contributed by atoms with van der Waals surface area (Å²) >= 11 is 0. The van der Waals surface area contributed by atoms with Crippen LogP contribution in [0.3, 0.4) is 0 Å². The Morgan fingerprint density at radius 1 is 0.300 bits per heavy atom. The molecule has 0 saturated heterocycles. The molecule has 0 saturated carbocycles. The standard InChI is InChI=1S/C22H50O6Si2/c1-23-29(24-2,25-3)21-19-17-15-13-11-9-7-8-10-12-14-16-18-20-22-30(26-4,27-5)28-6/h7-22H2,1-6H3. The Balaban J connectivity index is 3.38. The van der Waals surface area contributed by atoms with Crippen molar-refractivity contribution in [2.24, 2.45) is 0 Å². The van der Waals surface area contributed by atoms with Gasteiger partial charge in [-0.1, -0.05) is 77.0 Å². The molecule has 0 aliphatic heterocycles. The van der Waals surface area contributed by atoms with E-state index in [1.54, 1.807) is 42.7 Å². The Morgan fingerprint density at radius 3 is 0.633 bits per heavy atom. The highest BCUT2D eigenvalue weighted by molar-refractivity contribution is 6.60.